The second-order valence-corrected chi connectivity index (χ2v) is 12.9. The number of carbonyl (C=O) groups is 2. The molecular weight excluding hydrogens is 602 g/mol. The number of hydrogen-bond acceptors (Lipinski definition) is 6. The van der Waals surface area contributed by atoms with Gasteiger partial charge in [0.25, 0.3) is 10.0 Å². The highest BCUT2D eigenvalue weighted by Crippen LogP contribution is 2.30. The zero-order valence-corrected chi connectivity index (χ0v) is 26.9. The van der Waals surface area contributed by atoms with Crippen molar-refractivity contribution >= 4 is 43.5 Å². The van der Waals surface area contributed by atoms with Crippen molar-refractivity contribution in [1.29, 1.82) is 0 Å². The average Bonchev–Trinajstić information content (AvgIpc) is 3.41. The maximum absolute atomic E-state index is 13.5. The Bertz CT molecular complexity index is 1940. The number of aromatic nitrogens is 1. The molecule has 46 heavy (non-hydrogen) atoms. The van der Waals surface area contributed by atoms with Crippen LogP contribution in [0.25, 0.3) is 21.7 Å². The van der Waals surface area contributed by atoms with Crippen molar-refractivity contribution < 1.29 is 27.5 Å². The smallest absolute Gasteiger partial charge is 0.268 e. The molecule has 0 bridgehead atoms. The summed E-state index contributed by atoms with van der Waals surface area (Å²) in [5.74, 6) is 1.27. The van der Waals surface area contributed by atoms with E-state index in [9.17, 15) is 18.0 Å². The molecule has 0 saturated heterocycles. The van der Waals surface area contributed by atoms with Crippen molar-refractivity contribution in [3.05, 3.63) is 102 Å². The van der Waals surface area contributed by atoms with Crippen molar-refractivity contribution in [2.24, 2.45) is 0 Å². The van der Waals surface area contributed by atoms with E-state index in [1.165, 1.54) is 17.8 Å². The standard InChI is InChI=1S/C36H39N3O6S/c1-26(40)37-19-17-29-10-8-9-28-13-14-31(23-34(28)29)44-21-6-7-22-45-32-15-16-36-35(24-32)30(18-20-38-27(2)41)25-39(36)46(42,43)33-11-4-3-5-12-33/h3-5,8-16,23-25H,6-7,17-22H2,1-2H3,(H,37,40)(H,38,41). The predicted octanol–water partition coefficient (Wildman–Crippen LogP) is 5.63. The van der Waals surface area contributed by atoms with Crippen molar-refractivity contribution in [3.8, 4) is 11.5 Å². The van der Waals surface area contributed by atoms with Crippen LogP contribution in [-0.4, -0.2) is 50.5 Å². The van der Waals surface area contributed by atoms with Crippen LogP contribution in [0.4, 0.5) is 0 Å². The Kier molecular flexibility index (Phi) is 10.6. The van der Waals surface area contributed by atoms with Crippen LogP contribution in [0.15, 0.2) is 96.0 Å². The highest BCUT2D eigenvalue weighted by molar-refractivity contribution is 7.90. The fraction of sp³-hybridized carbons (Fsp3) is 0.278. The molecular formula is C36H39N3O6S. The maximum Gasteiger partial charge on any atom is 0.268 e. The number of hydrogen-bond donors (Lipinski definition) is 2. The molecule has 0 saturated carbocycles. The van der Waals surface area contributed by atoms with E-state index < -0.39 is 10.0 Å². The summed E-state index contributed by atoms with van der Waals surface area (Å²) < 4.78 is 40.4. The van der Waals surface area contributed by atoms with Crippen molar-refractivity contribution in [1.82, 2.24) is 14.6 Å². The summed E-state index contributed by atoms with van der Waals surface area (Å²) in [5, 5.41) is 8.65. The van der Waals surface area contributed by atoms with Crippen LogP contribution < -0.4 is 20.1 Å². The lowest BCUT2D eigenvalue weighted by molar-refractivity contribution is -0.119. The number of benzene rings is 4. The Labute approximate surface area is 269 Å². The zero-order chi connectivity index (χ0) is 32.5. The van der Waals surface area contributed by atoms with Crippen LogP contribution in [0.3, 0.4) is 0 Å². The second kappa shape index (κ2) is 15.0. The topological polar surface area (TPSA) is 116 Å². The molecule has 5 aromatic rings. The van der Waals surface area contributed by atoms with Gasteiger partial charge in [0.2, 0.25) is 11.8 Å². The summed E-state index contributed by atoms with van der Waals surface area (Å²) >= 11 is 0. The van der Waals surface area contributed by atoms with Crippen molar-refractivity contribution in [3.63, 3.8) is 0 Å². The lowest BCUT2D eigenvalue weighted by Crippen LogP contribution is -2.22. The van der Waals surface area contributed by atoms with Crippen molar-refractivity contribution in [2.75, 3.05) is 26.3 Å². The lowest BCUT2D eigenvalue weighted by Gasteiger charge is -2.11. The van der Waals surface area contributed by atoms with Gasteiger partial charge in [-0.05, 0) is 90.0 Å². The Hall–Kier alpha value is -4.83. The average molecular weight is 642 g/mol. The van der Waals surface area contributed by atoms with Crippen LogP contribution in [0.2, 0.25) is 0 Å². The molecule has 240 valence electrons. The Morgan fingerprint density at radius 3 is 1.96 bits per heavy atom. The molecule has 0 aliphatic rings. The highest BCUT2D eigenvalue weighted by atomic mass is 32.2. The second-order valence-electron chi connectivity index (χ2n) is 11.1. The molecule has 0 fully saturated rings. The third-order valence-corrected chi connectivity index (χ3v) is 9.37. The largest absolute Gasteiger partial charge is 0.494 e. The van der Waals surface area contributed by atoms with Gasteiger partial charge in [0.05, 0.1) is 23.6 Å². The molecule has 1 aromatic heterocycles. The summed E-state index contributed by atoms with van der Waals surface area (Å²) in [6, 6.07) is 26.0. The van der Waals surface area contributed by atoms with Crippen LogP contribution in [0.5, 0.6) is 11.5 Å². The Morgan fingerprint density at radius 1 is 0.696 bits per heavy atom. The number of nitrogens with one attached hydrogen (secondary N) is 2. The molecule has 5 rings (SSSR count). The van der Waals surface area contributed by atoms with Gasteiger partial charge in [0, 0.05) is 38.5 Å². The fourth-order valence-corrected chi connectivity index (χ4v) is 6.81. The van der Waals surface area contributed by atoms with E-state index in [0.717, 1.165) is 52.3 Å². The Balaban J connectivity index is 1.20. The minimum atomic E-state index is -3.81. The summed E-state index contributed by atoms with van der Waals surface area (Å²) in [6.45, 7) is 4.96. The van der Waals surface area contributed by atoms with Gasteiger partial charge < -0.3 is 20.1 Å². The highest BCUT2D eigenvalue weighted by Gasteiger charge is 2.21. The molecule has 10 heteroatoms. The van der Waals surface area contributed by atoms with Gasteiger partial charge in [0.15, 0.2) is 0 Å². The summed E-state index contributed by atoms with van der Waals surface area (Å²) in [7, 11) is -3.81. The molecule has 1 heterocycles. The van der Waals surface area contributed by atoms with Crippen LogP contribution >= 0.6 is 0 Å². The van der Waals surface area contributed by atoms with Gasteiger partial charge in [-0.15, -0.1) is 0 Å². The summed E-state index contributed by atoms with van der Waals surface area (Å²) in [4.78, 5) is 22.9. The van der Waals surface area contributed by atoms with Gasteiger partial charge in [-0.3, -0.25) is 9.59 Å². The molecule has 2 N–H and O–H groups in total. The van der Waals surface area contributed by atoms with Gasteiger partial charge in [0.1, 0.15) is 11.5 Å². The summed E-state index contributed by atoms with van der Waals surface area (Å²) in [6.07, 6.45) is 4.41. The van der Waals surface area contributed by atoms with E-state index in [2.05, 4.69) is 34.9 Å². The van der Waals surface area contributed by atoms with Crippen LogP contribution in [-0.2, 0) is 32.5 Å². The first-order chi connectivity index (χ1) is 22.2. The maximum atomic E-state index is 13.5. The number of nitrogens with zero attached hydrogens (tertiary/aromatic N) is 1. The normalized spacial score (nSPS) is 11.4. The third kappa shape index (κ3) is 8.06. The van der Waals surface area contributed by atoms with E-state index in [0.29, 0.717) is 44.0 Å². The molecule has 2 amide bonds. The Morgan fingerprint density at radius 2 is 1.30 bits per heavy atom. The van der Waals surface area contributed by atoms with E-state index >= 15 is 0 Å². The minimum Gasteiger partial charge on any atom is -0.494 e. The number of ether oxygens (including phenoxy) is 2. The molecule has 9 nitrogen and oxygen atoms in total. The predicted molar refractivity (Wildman–Crippen MR) is 180 cm³/mol. The minimum absolute atomic E-state index is 0.0365. The molecule has 0 aliphatic carbocycles. The summed E-state index contributed by atoms with van der Waals surface area (Å²) in [5.41, 5.74) is 2.51. The molecule has 4 aromatic carbocycles. The number of unbranched alkanes of at least 4 members (excludes halogenated alkanes) is 1. The molecule has 0 atom stereocenters. The SMILES string of the molecule is CC(=O)NCCc1cccc2ccc(OCCCCOc3ccc4c(c3)c(CCNC(C)=O)cn4S(=O)(=O)c3ccccc3)cc12. The van der Waals surface area contributed by atoms with Gasteiger partial charge >= 0.3 is 0 Å². The molecule has 0 unspecified atom stereocenters. The van der Waals surface area contributed by atoms with Crippen LogP contribution in [0, 0.1) is 0 Å². The number of amides is 2. The fourth-order valence-electron chi connectivity index (χ4n) is 5.39. The van der Waals surface area contributed by atoms with Gasteiger partial charge in [-0.25, -0.2) is 12.4 Å². The first-order valence-corrected chi connectivity index (χ1v) is 16.9. The number of fused-ring (bicyclic) bond motifs is 2. The van der Waals surface area contributed by atoms with Gasteiger partial charge in [-0.2, -0.15) is 0 Å². The molecule has 0 aliphatic heterocycles. The quantitative estimate of drug-likeness (QED) is 0.143. The number of carbonyl (C=O) groups excluding carboxylic acids is 2. The monoisotopic (exact) mass is 641 g/mol. The van der Waals surface area contributed by atoms with Crippen LogP contribution in [0.1, 0.15) is 37.8 Å². The van der Waals surface area contributed by atoms with E-state index in [1.807, 2.05) is 18.2 Å². The number of rotatable bonds is 15. The van der Waals surface area contributed by atoms with E-state index in [4.69, 9.17) is 9.47 Å². The van der Waals surface area contributed by atoms with Crippen molar-refractivity contribution in [2.45, 2.75) is 44.4 Å². The first-order valence-electron chi connectivity index (χ1n) is 15.4. The molecule has 0 radical (unpaired) electrons. The van der Waals surface area contributed by atoms with Gasteiger partial charge in [-0.1, -0.05) is 42.5 Å². The lowest BCUT2D eigenvalue weighted by atomic mass is 10.0. The third-order valence-electron chi connectivity index (χ3n) is 7.68. The van der Waals surface area contributed by atoms with E-state index in [1.54, 1.807) is 48.7 Å². The zero-order valence-electron chi connectivity index (χ0n) is 26.1. The molecule has 0 spiro atoms. The van der Waals surface area contributed by atoms with E-state index in [-0.39, 0.29) is 16.7 Å². The first kappa shape index (κ1) is 32.6.